The Balaban J connectivity index is 1.99. The minimum atomic E-state index is -3.90. The molecule has 30 heavy (non-hydrogen) atoms. The summed E-state index contributed by atoms with van der Waals surface area (Å²) in [5, 5.41) is 2.66. The molecule has 1 fully saturated rings. The maximum absolute atomic E-state index is 13.0. The molecular formula is C20H29N3O6S. The number of esters is 1. The van der Waals surface area contributed by atoms with Gasteiger partial charge < -0.3 is 15.0 Å². The van der Waals surface area contributed by atoms with Gasteiger partial charge in [-0.25, -0.2) is 13.2 Å². The van der Waals surface area contributed by atoms with Crippen molar-refractivity contribution in [2.24, 2.45) is 5.92 Å². The van der Waals surface area contributed by atoms with Gasteiger partial charge in [0.15, 0.2) is 0 Å². The van der Waals surface area contributed by atoms with E-state index < -0.39 is 16.0 Å². The van der Waals surface area contributed by atoms with Crippen molar-refractivity contribution in [3.63, 3.8) is 0 Å². The Morgan fingerprint density at radius 3 is 2.30 bits per heavy atom. The molecule has 0 saturated carbocycles. The van der Waals surface area contributed by atoms with Gasteiger partial charge in [-0.1, -0.05) is 12.1 Å². The summed E-state index contributed by atoms with van der Waals surface area (Å²) < 4.78 is 32.0. The van der Waals surface area contributed by atoms with E-state index in [1.807, 2.05) is 13.8 Å². The summed E-state index contributed by atoms with van der Waals surface area (Å²) in [5.41, 5.74) is -0.0187. The van der Waals surface area contributed by atoms with E-state index in [-0.39, 0.29) is 47.8 Å². The zero-order valence-electron chi connectivity index (χ0n) is 17.6. The van der Waals surface area contributed by atoms with E-state index in [4.69, 9.17) is 0 Å². The minimum Gasteiger partial charge on any atom is -0.465 e. The average Bonchev–Trinajstić information content (AvgIpc) is 2.77. The highest BCUT2D eigenvalue weighted by atomic mass is 32.2. The van der Waals surface area contributed by atoms with Crippen LogP contribution in [0.1, 0.15) is 37.0 Å². The molecule has 166 valence electrons. The van der Waals surface area contributed by atoms with E-state index in [2.05, 4.69) is 10.1 Å². The van der Waals surface area contributed by atoms with Crippen LogP contribution in [0.15, 0.2) is 29.2 Å². The smallest absolute Gasteiger partial charge is 0.339 e. The molecule has 0 unspecified atom stereocenters. The number of likely N-dealkylation sites (N-methyl/N-ethyl adjacent to an activating group) is 1. The predicted octanol–water partition coefficient (Wildman–Crippen LogP) is 0.859. The number of rotatable bonds is 8. The number of carbonyl (C=O) groups is 3. The Hall–Kier alpha value is -2.46. The number of piperidine rings is 1. The summed E-state index contributed by atoms with van der Waals surface area (Å²) in [6, 6.07) is 5.90. The topological polar surface area (TPSA) is 113 Å². The lowest BCUT2D eigenvalue weighted by atomic mass is 9.97. The number of carbonyl (C=O) groups excluding carboxylic acids is 3. The van der Waals surface area contributed by atoms with Crippen LogP contribution in [-0.2, 0) is 24.3 Å². The molecule has 0 aromatic heterocycles. The second-order valence-electron chi connectivity index (χ2n) is 6.95. The lowest BCUT2D eigenvalue weighted by Gasteiger charge is -2.31. The van der Waals surface area contributed by atoms with Gasteiger partial charge in [-0.15, -0.1) is 0 Å². The number of hydrogen-bond donors (Lipinski definition) is 1. The van der Waals surface area contributed by atoms with Gasteiger partial charge in [0.25, 0.3) is 0 Å². The van der Waals surface area contributed by atoms with Gasteiger partial charge in [0.05, 0.1) is 24.1 Å². The SMILES string of the molecule is CCN(CC)C(=O)CNC(=O)C1CCN(S(=O)(=O)c2ccccc2C(=O)OC)CC1. The van der Waals surface area contributed by atoms with E-state index >= 15 is 0 Å². The second-order valence-corrected chi connectivity index (χ2v) is 8.86. The maximum Gasteiger partial charge on any atom is 0.339 e. The number of amides is 2. The molecule has 0 radical (unpaired) electrons. The normalized spacial score (nSPS) is 15.4. The summed E-state index contributed by atoms with van der Waals surface area (Å²) in [7, 11) is -2.71. The first-order valence-corrected chi connectivity index (χ1v) is 11.4. The van der Waals surface area contributed by atoms with Crippen LogP contribution in [0.25, 0.3) is 0 Å². The summed E-state index contributed by atoms with van der Waals surface area (Å²) in [4.78, 5) is 37.9. The monoisotopic (exact) mass is 439 g/mol. The quantitative estimate of drug-likeness (QED) is 0.601. The first kappa shape index (κ1) is 23.8. The molecule has 1 N–H and O–H groups in total. The van der Waals surface area contributed by atoms with Gasteiger partial charge in [-0.2, -0.15) is 4.31 Å². The number of benzene rings is 1. The Morgan fingerprint density at radius 1 is 1.13 bits per heavy atom. The summed E-state index contributed by atoms with van der Waals surface area (Å²) in [6.07, 6.45) is 0.676. The summed E-state index contributed by atoms with van der Waals surface area (Å²) in [6.45, 7) is 5.14. The molecule has 0 aliphatic carbocycles. The lowest BCUT2D eigenvalue weighted by Crippen LogP contribution is -2.45. The van der Waals surface area contributed by atoms with Gasteiger partial charge in [0.2, 0.25) is 21.8 Å². The van der Waals surface area contributed by atoms with Crippen molar-refractivity contribution in [3.05, 3.63) is 29.8 Å². The Kier molecular flexibility index (Phi) is 8.36. The Morgan fingerprint density at radius 2 is 1.73 bits per heavy atom. The van der Waals surface area contributed by atoms with Crippen LogP contribution in [-0.4, -0.2) is 75.2 Å². The van der Waals surface area contributed by atoms with E-state index in [0.717, 1.165) is 0 Å². The van der Waals surface area contributed by atoms with Crippen molar-refractivity contribution >= 4 is 27.8 Å². The first-order valence-electron chi connectivity index (χ1n) is 9.99. The minimum absolute atomic E-state index is 0.0187. The van der Waals surface area contributed by atoms with Crippen LogP contribution in [0.4, 0.5) is 0 Å². The molecule has 1 aromatic carbocycles. The molecule has 0 atom stereocenters. The average molecular weight is 440 g/mol. The van der Waals surface area contributed by atoms with Crippen LogP contribution in [0, 0.1) is 5.92 Å². The summed E-state index contributed by atoms with van der Waals surface area (Å²) >= 11 is 0. The third kappa shape index (κ3) is 5.37. The van der Waals surface area contributed by atoms with Crippen LogP contribution in [0.2, 0.25) is 0 Å². The van der Waals surface area contributed by atoms with Gasteiger partial charge >= 0.3 is 5.97 Å². The number of nitrogens with one attached hydrogen (secondary N) is 1. The van der Waals surface area contributed by atoms with Crippen molar-refractivity contribution in [2.45, 2.75) is 31.6 Å². The molecular weight excluding hydrogens is 410 g/mol. The van der Waals surface area contributed by atoms with Crippen LogP contribution in [0.5, 0.6) is 0 Å². The zero-order valence-corrected chi connectivity index (χ0v) is 18.4. The fourth-order valence-electron chi connectivity index (χ4n) is 3.46. The number of methoxy groups -OCH3 is 1. The van der Waals surface area contributed by atoms with Crippen molar-refractivity contribution < 1.29 is 27.5 Å². The van der Waals surface area contributed by atoms with Gasteiger partial charge in [0, 0.05) is 32.1 Å². The predicted molar refractivity (Wildman–Crippen MR) is 110 cm³/mol. The third-order valence-corrected chi connectivity index (χ3v) is 7.22. The molecule has 1 heterocycles. The number of ether oxygens (including phenoxy) is 1. The first-order chi connectivity index (χ1) is 14.3. The summed E-state index contributed by atoms with van der Waals surface area (Å²) in [5.74, 6) is -1.48. The maximum atomic E-state index is 13.0. The molecule has 2 rings (SSSR count). The van der Waals surface area contributed by atoms with E-state index in [0.29, 0.717) is 25.9 Å². The highest BCUT2D eigenvalue weighted by Gasteiger charge is 2.34. The van der Waals surface area contributed by atoms with Crippen molar-refractivity contribution in [1.29, 1.82) is 0 Å². The number of hydrogen-bond acceptors (Lipinski definition) is 6. The molecule has 2 amide bonds. The highest BCUT2D eigenvalue weighted by molar-refractivity contribution is 7.89. The zero-order chi connectivity index (χ0) is 22.3. The molecule has 0 bridgehead atoms. The molecule has 1 saturated heterocycles. The second kappa shape index (κ2) is 10.5. The van der Waals surface area contributed by atoms with Crippen LogP contribution >= 0.6 is 0 Å². The van der Waals surface area contributed by atoms with E-state index in [1.165, 1.54) is 23.5 Å². The van der Waals surface area contributed by atoms with Crippen molar-refractivity contribution in [2.75, 3.05) is 39.8 Å². The number of nitrogens with zero attached hydrogens (tertiary/aromatic N) is 2. The number of sulfonamides is 1. The Labute approximate surface area is 177 Å². The van der Waals surface area contributed by atoms with Crippen molar-refractivity contribution in [3.8, 4) is 0 Å². The van der Waals surface area contributed by atoms with Crippen LogP contribution in [0.3, 0.4) is 0 Å². The van der Waals surface area contributed by atoms with Gasteiger partial charge in [-0.3, -0.25) is 9.59 Å². The molecule has 1 aromatic rings. The van der Waals surface area contributed by atoms with E-state index in [9.17, 15) is 22.8 Å². The Bertz CT molecular complexity index is 874. The van der Waals surface area contributed by atoms with Gasteiger partial charge in [0.1, 0.15) is 0 Å². The molecule has 1 aliphatic rings. The molecule has 1 aliphatic heterocycles. The molecule has 0 spiro atoms. The fraction of sp³-hybridized carbons (Fsp3) is 0.550. The fourth-order valence-corrected chi connectivity index (χ4v) is 5.11. The van der Waals surface area contributed by atoms with Crippen molar-refractivity contribution in [1.82, 2.24) is 14.5 Å². The standard InChI is InChI=1S/C20H29N3O6S/c1-4-22(5-2)18(24)14-21-19(25)15-10-12-23(13-11-15)30(27,28)17-9-7-6-8-16(17)20(26)29-3/h6-9,15H,4-5,10-14H2,1-3H3,(H,21,25). The third-order valence-electron chi connectivity index (χ3n) is 5.26. The van der Waals surface area contributed by atoms with Gasteiger partial charge in [-0.05, 0) is 38.8 Å². The van der Waals surface area contributed by atoms with E-state index in [1.54, 1.807) is 17.0 Å². The largest absolute Gasteiger partial charge is 0.465 e. The lowest BCUT2D eigenvalue weighted by molar-refractivity contribution is -0.134. The highest BCUT2D eigenvalue weighted by Crippen LogP contribution is 2.26. The molecule has 10 heteroatoms. The molecule has 9 nitrogen and oxygen atoms in total. The van der Waals surface area contributed by atoms with Crippen LogP contribution < -0.4 is 5.32 Å².